The van der Waals surface area contributed by atoms with E-state index in [0.29, 0.717) is 17.3 Å². The molecular formula is C16H16ClN3O3. The van der Waals surface area contributed by atoms with E-state index in [9.17, 15) is 14.7 Å². The highest BCUT2D eigenvalue weighted by Gasteiger charge is 2.22. The lowest BCUT2D eigenvalue weighted by Gasteiger charge is -2.16. The summed E-state index contributed by atoms with van der Waals surface area (Å²) in [6, 6.07) is 9.43. The van der Waals surface area contributed by atoms with Crippen LogP contribution >= 0.6 is 11.6 Å². The number of aliphatic carboxylic acids is 1. The number of hydrogen-bond donors (Lipinski definition) is 2. The molecule has 0 spiro atoms. The fourth-order valence-electron chi connectivity index (χ4n) is 2.03. The molecule has 6 nitrogen and oxygen atoms in total. The summed E-state index contributed by atoms with van der Waals surface area (Å²) in [5.74, 6) is -1.68. The molecule has 0 aliphatic rings. The van der Waals surface area contributed by atoms with Crippen molar-refractivity contribution in [2.75, 3.05) is 5.32 Å². The third-order valence-electron chi connectivity index (χ3n) is 3.20. The maximum Gasteiger partial charge on any atom is 0.283 e. The number of halogens is 1. The molecule has 1 aromatic heterocycles. The van der Waals surface area contributed by atoms with Crippen molar-refractivity contribution in [3.8, 4) is 0 Å². The van der Waals surface area contributed by atoms with E-state index in [4.69, 9.17) is 11.6 Å². The molecule has 1 atom stereocenters. The van der Waals surface area contributed by atoms with Gasteiger partial charge in [0.1, 0.15) is 6.54 Å². The number of hydrogen-bond acceptors (Lipinski definition) is 4. The minimum absolute atomic E-state index is 0.375. The van der Waals surface area contributed by atoms with Crippen LogP contribution in [0.5, 0.6) is 0 Å². The maximum atomic E-state index is 12.3. The Balaban J connectivity index is 2.00. The van der Waals surface area contributed by atoms with Crippen molar-refractivity contribution in [3.63, 3.8) is 0 Å². The fourth-order valence-corrected chi connectivity index (χ4v) is 2.15. The van der Waals surface area contributed by atoms with E-state index in [0.717, 1.165) is 5.56 Å². The van der Waals surface area contributed by atoms with Gasteiger partial charge in [-0.1, -0.05) is 17.7 Å². The van der Waals surface area contributed by atoms with E-state index in [1.807, 2.05) is 6.07 Å². The van der Waals surface area contributed by atoms with Crippen LogP contribution in [-0.4, -0.2) is 22.9 Å². The Kier molecular flexibility index (Phi) is 6.08. The molecule has 0 saturated heterocycles. The third kappa shape index (κ3) is 5.69. The van der Waals surface area contributed by atoms with Gasteiger partial charge in [-0.15, -0.1) is 0 Å². The van der Waals surface area contributed by atoms with Gasteiger partial charge in [0, 0.05) is 41.1 Å². The summed E-state index contributed by atoms with van der Waals surface area (Å²) in [7, 11) is 0. The van der Waals surface area contributed by atoms with Crippen LogP contribution in [0, 0.1) is 0 Å². The molecule has 0 bridgehead atoms. The molecule has 23 heavy (non-hydrogen) atoms. The smallest absolute Gasteiger partial charge is 0.283 e. The zero-order chi connectivity index (χ0) is 16.7. The number of nitrogens with zero attached hydrogens (tertiary/aromatic N) is 1. The van der Waals surface area contributed by atoms with E-state index in [1.54, 1.807) is 48.0 Å². The first kappa shape index (κ1) is 16.9. The number of benzene rings is 1. The summed E-state index contributed by atoms with van der Waals surface area (Å²) >= 11 is 5.79. The minimum atomic E-state index is -1.27. The van der Waals surface area contributed by atoms with Gasteiger partial charge in [0.05, 0.1) is 0 Å². The average Bonchev–Trinajstić information content (AvgIpc) is 2.54. The van der Waals surface area contributed by atoms with Crippen LogP contribution in [0.1, 0.15) is 12.0 Å². The van der Waals surface area contributed by atoms with Gasteiger partial charge in [-0.3, -0.25) is 9.78 Å². The van der Waals surface area contributed by atoms with Crippen molar-refractivity contribution < 1.29 is 20.0 Å². The highest BCUT2D eigenvalue weighted by molar-refractivity contribution is 6.30. The number of amides is 1. The van der Waals surface area contributed by atoms with Gasteiger partial charge in [0.15, 0.2) is 6.04 Å². The van der Waals surface area contributed by atoms with Crippen LogP contribution in [0.3, 0.4) is 0 Å². The molecule has 2 rings (SSSR count). The van der Waals surface area contributed by atoms with Gasteiger partial charge in [0.2, 0.25) is 0 Å². The molecule has 0 aliphatic heterocycles. The lowest BCUT2D eigenvalue weighted by molar-refractivity contribution is -0.691. The molecular weight excluding hydrogens is 318 g/mol. The first-order chi connectivity index (χ1) is 11.0. The number of carboxylic acids is 1. The molecule has 0 saturated carbocycles. The predicted molar refractivity (Wildman–Crippen MR) is 83.4 cm³/mol. The number of carbonyl (C=O) groups is 2. The first-order valence-electron chi connectivity index (χ1n) is 7.03. The van der Waals surface area contributed by atoms with E-state index in [2.05, 4.69) is 10.3 Å². The molecule has 0 aliphatic carbocycles. The Labute approximate surface area is 138 Å². The topological polar surface area (TPSA) is 98.7 Å². The SMILES string of the molecule is O=C([O-])C[C@H]([NH2+]Cc1cccnc1)C(=O)Nc1ccc(Cl)cc1. The first-order valence-corrected chi connectivity index (χ1v) is 7.41. The zero-order valence-electron chi connectivity index (χ0n) is 12.2. The predicted octanol–water partition coefficient (Wildman–Crippen LogP) is -0.0543. The summed E-state index contributed by atoms with van der Waals surface area (Å²) in [5.41, 5.74) is 1.45. The van der Waals surface area contributed by atoms with Gasteiger partial charge in [-0.05, 0) is 30.3 Å². The number of pyridine rings is 1. The minimum Gasteiger partial charge on any atom is -0.550 e. The van der Waals surface area contributed by atoms with Gasteiger partial charge < -0.3 is 20.5 Å². The number of carboxylic acid groups (broad SMARTS) is 1. The molecule has 120 valence electrons. The van der Waals surface area contributed by atoms with Crippen molar-refractivity contribution in [3.05, 3.63) is 59.4 Å². The molecule has 7 heteroatoms. The van der Waals surface area contributed by atoms with Crippen molar-refractivity contribution >= 4 is 29.2 Å². The Morgan fingerprint density at radius 3 is 2.61 bits per heavy atom. The Hall–Kier alpha value is -2.44. The van der Waals surface area contributed by atoms with Crippen LogP contribution in [-0.2, 0) is 16.1 Å². The van der Waals surface area contributed by atoms with Gasteiger partial charge >= 0.3 is 0 Å². The number of quaternary nitrogens is 1. The van der Waals surface area contributed by atoms with Gasteiger partial charge in [0.25, 0.3) is 5.91 Å². The lowest BCUT2D eigenvalue weighted by atomic mass is 10.1. The van der Waals surface area contributed by atoms with Crippen molar-refractivity contribution in [2.45, 2.75) is 19.0 Å². The maximum absolute atomic E-state index is 12.3. The molecule has 3 N–H and O–H groups in total. The Bertz CT molecular complexity index is 662. The molecule has 1 heterocycles. The van der Waals surface area contributed by atoms with Crippen LogP contribution in [0.2, 0.25) is 5.02 Å². The van der Waals surface area contributed by atoms with Crippen LogP contribution in [0.25, 0.3) is 0 Å². The highest BCUT2D eigenvalue weighted by Crippen LogP contribution is 2.13. The highest BCUT2D eigenvalue weighted by atomic mass is 35.5. The molecule has 0 fully saturated rings. The monoisotopic (exact) mass is 333 g/mol. The number of nitrogens with one attached hydrogen (secondary N) is 1. The summed E-state index contributed by atoms with van der Waals surface area (Å²) in [6.07, 6.45) is 2.94. The third-order valence-corrected chi connectivity index (χ3v) is 3.45. The second-order valence-corrected chi connectivity index (χ2v) is 5.42. The van der Waals surface area contributed by atoms with Gasteiger partial charge in [-0.25, -0.2) is 0 Å². The molecule has 1 amide bonds. The van der Waals surface area contributed by atoms with Crippen LogP contribution in [0.15, 0.2) is 48.8 Å². The number of carbonyl (C=O) groups excluding carboxylic acids is 2. The lowest BCUT2D eigenvalue weighted by Crippen LogP contribution is -2.91. The summed E-state index contributed by atoms with van der Waals surface area (Å²) < 4.78 is 0. The summed E-state index contributed by atoms with van der Waals surface area (Å²) in [5, 5.41) is 15.8. The Morgan fingerprint density at radius 2 is 2.00 bits per heavy atom. The molecule has 0 radical (unpaired) electrons. The number of aromatic nitrogens is 1. The summed E-state index contributed by atoms with van der Waals surface area (Å²) in [6.45, 7) is 0.444. The zero-order valence-corrected chi connectivity index (χ0v) is 13.0. The van der Waals surface area contributed by atoms with E-state index >= 15 is 0 Å². The van der Waals surface area contributed by atoms with Crippen LogP contribution in [0.4, 0.5) is 5.69 Å². The van der Waals surface area contributed by atoms with Gasteiger partial charge in [-0.2, -0.15) is 0 Å². The van der Waals surface area contributed by atoms with E-state index in [-0.39, 0.29) is 6.42 Å². The standard InChI is InChI=1S/C16H16ClN3O3/c17-12-3-5-13(6-4-12)20-16(23)14(8-15(21)22)19-10-11-2-1-7-18-9-11/h1-7,9,14,19H,8,10H2,(H,20,23)(H,21,22)/t14-/m0/s1. The Morgan fingerprint density at radius 1 is 1.26 bits per heavy atom. The largest absolute Gasteiger partial charge is 0.550 e. The number of anilines is 1. The van der Waals surface area contributed by atoms with Crippen molar-refractivity contribution in [1.29, 1.82) is 0 Å². The normalized spacial score (nSPS) is 11.7. The molecule has 1 aromatic carbocycles. The van der Waals surface area contributed by atoms with E-state index in [1.165, 1.54) is 0 Å². The number of rotatable bonds is 7. The molecule has 2 aromatic rings. The fraction of sp³-hybridized carbons (Fsp3) is 0.188. The second kappa shape index (κ2) is 8.26. The average molecular weight is 334 g/mol. The van der Waals surface area contributed by atoms with Crippen LogP contribution < -0.4 is 15.7 Å². The quantitative estimate of drug-likeness (QED) is 0.742. The van der Waals surface area contributed by atoms with Crippen molar-refractivity contribution in [2.24, 2.45) is 0 Å². The number of nitrogens with two attached hydrogens (primary N) is 1. The molecule has 0 unspecified atom stereocenters. The van der Waals surface area contributed by atoms with E-state index < -0.39 is 17.9 Å². The van der Waals surface area contributed by atoms with Crippen molar-refractivity contribution in [1.82, 2.24) is 4.98 Å². The summed E-state index contributed by atoms with van der Waals surface area (Å²) in [4.78, 5) is 27.1. The second-order valence-electron chi connectivity index (χ2n) is 4.98.